The van der Waals surface area contributed by atoms with Crippen LogP contribution >= 0.6 is 11.8 Å². The Bertz CT molecular complexity index is 891. The third kappa shape index (κ3) is 0.123. The van der Waals surface area contributed by atoms with Gasteiger partial charge in [-0.25, -0.2) is 0 Å². The summed E-state index contributed by atoms with van der Waals surface area (Å²) in [6.07, 6.45) is 0.875. The SMILES string of the molecule is CC(C)(C)S[C]12[CH]3[CH]4[CH]5[CH]1[Fe]45321678[CH]2[CH]1[CH]6[CH]7[CH]28.CCCO. The molecule has 10 rings (SSSR count). The van der Waals surface area contributed by atoms with Crippen molar-refractivity contribution in [2.75, 3.05) is 6.61 Å². The van der Waals surface area contributed by atoms with E-state index in [1.54, 1.807) is 0 Å². The molecule has 0 aromatic carbocycles. The molecule has 0 bridgehead atoms. The second-order valence-corrected chi connectivity index (χ2v) is 38.6. The maximum absolute atomic E-state index is 7.88. The molecule has 10 heterocycles. The predicted octanol–water partition coefficient (Wildman–Crippen LogP) is 5.20. The second kappa shape index (κ2) is 0.911. The average Bonchev–Trinajstić information content (AvgIpc) is 3.30. The van der Waals surface area contributed by atoms with E-state index in [1.807, 2.05) is 6.92 Å². The summed E-state index contributed by atoms with van der Waals surface area (Å²) in [5.74, 6) is 0. The molecule has 10 aliphatic rings. The van der Waals surface area contributed by atoms with Crippen LogP contribution in [0, 0.1) is 0 Å². The quantitative estimate of drug-likeness (QED) is 0.700. The van der Waals surface area contributed by atoms with E-state index in [0.717, 1.165) is 10.1 Å². The van der Waals surface area contributed by atoms with Crippen LogP contribution in [0.15, 0.2) is 0 Å². The van der Waals surface area contributed by atoms with Gasteiger partial charge in [-0.1, -0.05) is 6.92 Å². The van der Waals surface area contributed by atoms with Crippen LogP contribution in [0.4, 0.5) is 0 Å². The molecule has 20 heavy (non-hydrogen) atoms. The molecular weight excluding hydrogens is 308 g/mol. The van der Waals surface area contributed by atoms with Crippen LogP contribution in [0.1, 0.15) is 34.1 Å². The van der Waals surface area contributed by atoms with E-state index in [4.69, 9.17) is 5.11 Å². The Morgan fingerprint density at radius 1 is 0.950 bits per heavy atom. The number of thioether (sulfide) groups is 1. The number of aliphatic hydroxyl groups excluding tert-OH is 1. The predicted molar refractivity (Wildman–Crippen MR) is 81.2 cm³/mol. The van der Waals surface area contributed by atoms with Crippen LogP contribution in [0.2, 0.25) is 43.3 Å². The van der Waals surface area contributed by atoms with Crippen LogP contribution in [0.25, 0.3) is 0 Å². The van der Waals surface area contributed by atoms with Crippen molar-refractivity contribution in [1.82, 2.24) is 0 Å². The van der Waals surface area contributed by atoms with Crippen molar-refractivity contribution in [2.45, 2.75) is 85.9 Å². The van der Waals surface area contributed by atoms with Gasteiger partial charge in [0, 0.05) is 6.61 Å². The zero-order chi connectivity index (χ0) is 13.6. The molecule has 0 amide bonds. The number of aliphatic hydroxyl groups is 1. The first-order valence-electron chi connectivity index (χ1n) is 8.69. The number of fused-ring (bicyclic) bond motifs is 10. The van der Waals surface area contributed by atoms with Crippen LogP contribution in [-0.4, -0.2) is 20.1 Å². The van der Waals surface area contributed by atoms with Gasteiger partial charge in [0.05, 0.1) is 0 Å². The van der Waals surface area contributed by atoms with E-state index in [1.165, 1.54) is 43.3 Å². The first-order chi connectivity index (χ1) is 9.17. The van der Waals surface area contributed by atoms with Gasteiger partial charge in [-0.3, -0.25) is 0 Å². The van der Waals surface area contributed by atoms with Gasteiger partial charge in [-0.05, 0) is 6.42 Å². The second-order valence-electron chi connectivity index (χ2n) is 12.5. The van der Waals surface area contributed by atoms with Crippen molar-refractivity contribution in [2.24, 2.45) is 0 Å². The summed E-state index contributed by atoms with van der Waals surface area (Å²) in [5, 5.41) is 7.88. The smallest absolute Gasteiger partial charge is 0.0428 e. The molecule has 0 aromatic rings. The number of hydrogen-bond acceptors (Lipinski definition) is 2. The summed E-state index contributed by atoms with van der Waals surface area (Å²) in [4.78, 5) is 13.6. The van der Waals surface area contributed by atoms with Crippen molar-refractivity contribution in [3.8, 4) is 0 Å². The van der Waals surface area contributed by atoms with E-state index in [2.05, 4.69) is 32.5 Å². The number of rotatable bonds is 2. The zero-order valence-corrected chi connectivity index (χ0v) is 14.7. The van der Waals surface area contributed by atoms with Crippen LogP contribution < -0.4 is 0 Å². The number of hydrogen-bond donors (Lipinski definition) is 1. The van der Waals surface area contributed by atoms with E-state index in [-0.39, 0.29) is 0 Å². The maximum atomic E-state index is 7.88. The monoisotopic (exact) mass is 334 g/mol. The molecular formula is C17H26FeOS. The summed E-state index contributed by atoms with van der Waals surface area (Å²) in [7, 11) is 0. The van der Waals surface area contributed by atoms with Crippen LogP contribution in [0.3, 0.4) is 0 Å². The standard InChI is InChI=1S/C9H13S.C5H5.C3H8O.Fe/c1-9(2,3)10-8-6-4-5-7-8;1-2-4-5-3-1;1-2-3-4;/h4-7H,1-3H3;1-5H;4H,2-3H2,1H3;. The maximum Gasteiger partial charge on any atom is 0.0428 e. The van der Waals surface area contributed by atoms with Gasteiger partial charge in [-0.2, -0.15) is 0 Å². The van der Waals surface area contributed by atoms with E-state index in [9.17, 15) is 0 Å². The van der Waals surface area contributed by atoms with Gasteiger partial charge >= 0.3 is 90.8 Å². The molecule has 0 aromatic heterocycles. The fourth-order valence-electron chi connectivity index (χ4n) is 16.7. The molecule has 4 unspecified atom stereocenters. The normalized spacial score (nSPS) is 103. The molecule has 3 heteroatoms. The Morgan fingerprint density at radius 2 is 1.35 bits per heavy atom. The van der Waals surface area contributed by atoms with E-state index in [0.29, 0.717) is 11.4 Å². The molecule has 0 saturated carbocycles. The van der Waals surface area contributed by atoms with Gasteiger partial charge in [0.2, 0.25) is 0 Å². The Hall–Kier alpha value is 0.829. The molecule has 114 valence electrons. The minimum absolute atomic E-state index is 0.319. The van der Waals surface area contributed by atoms with Gasteiger partial charge < -0.3 is 5.11 Å². The van der Waals surface area contributed by atoms with E-state index >= 15 is 0 Å². The molecule has 10 saturated heterocycles. The Kier molecular flexibility index (Phi) is 0.449. The van der Waals surface area contributed by atoms with Crippen molar-refractivity contribution < 1.29 is 11.6 Å². The average molecular weight is 334 g/mol. The van der Waals surface area contributed by atoms with Gasteiger partial charge in [0.1, 0.15) is 0 Å². The van der Waals surface area contributed by atoms with E-state index < -0.39 is 6.51 Å². The summed E-state index contributed by atoms with van der Waals surface area (Å²) in [5.41, 5.74) is 0. The summed E-state index contributed by atoms with van der Waals surface area (Å²) >= 11 is 2.57. The van der Waals surface area contributed by atoms with Crippen molar-refractivity contribution in [3.63, 3.8) is 0 Å². The Labute approximate surface area is 115 Å². The van der Waals surface area contributed by atoms with Gasteiger partial charge in [0.15, 0.2) is 0 Å². The van der Waals surface area contributed by atoms with Crippen molar-refractivity contribution in [3.05, 3.63) is 0 Å². The molecule has 1 nitrogen and oxygen atoms in total. The van der Waals surface area contributed by atoms with Gasteiger partial charge in [-0.15, -0.1) is 0 Å². The summed E-state index contributed by atoms with van der Waals surface area (Å²) in [6.45, 7) is 7.07. The summed E-state index contributed by atoms with van der Waals surface area (Å²) in [6, 6.07) is 0. The Balaban J connectivity index is 0.000000180. The molecule has 1 spiro atoms. The third-order valence-corrected chi connectivity index (χ3v) is 62.3. The molecule has 0 radical (unpaired) electrons. The van der Waals surface area contributed by atoms with Gasteiger partial charge in [0.25, 0.3) is 0 Å². The Morgan fingerprint density at radius 3 is 1.50 bits per heavy atom. The van der Waals surface area contributed by atoms with Crippen molar-refractivity contribution in [1.29, 1.82) is 0 Å². The van der Waals surface area contributed by atoms with Crippen molar-refractivity contribution >= 4 is 11.8 Å². The minimum atomic E-state index is -2.70. The first-order valence-corrected chi connectivity index (χ1v) is 15.8. The van der Waals surface area contributed by atoms with Crippen LogP contribution in [-0.2, 0) is 6.51 Å². The molecule has 1 N–H and O–H groups in total. The molecule has 0 aliphatic carbocycles. The fourth-order valence-corrected chi connectivity index (χ4v) is 100. The topological polar surface area (TPSA) is 20.2 Å². The minimum Gasteiger partial charge on any atom is -0.396 e. The first kappa shape index (κ1) is 9.85. The summed E-state index contributed by atoms with van der Waals surface area (Å²) < 4.78 is 1.66. The fraction of sp³-hybridized carbons (Fsp3) is 1.00. The molecule has 10 aliphatic heterocycles. The largest absolute Gasteiger partial charge is 0.396 e. The zero-order valence-electron chi connectivity index (χ0n) is 12.8. The molecule has 4 atom stereocenters. The van der Waals surface area contributed by atoms with Crippen LogP contribution in [0.5, 0.6) is 0 Å². The third-order valence-electron chi connectivity index (χ3n) is 15.2. The molecule has 10 fully saturated rings.